The van der Waals surface area contributed by atoms with E-state index in [4.69, 9.17) is 15.5 Å². The van der Waals surface area contributed by atoms with Gasteiger partial charge < -0.3 is 26.1 Å². The molecule has 0 saturated carbocycles. The first-order valence-electron chi connectivity index (χ1n) is 10.9. The number of amidine groups is 1. The number of carbonyl (C=O) groups excluding carboxylic acids is 1. The Hall–Kier alpha value is -3.36. The van der Waals surface area contributed by atoms with Gasteiger partial charge in [-0.3, -0.25) is 4.79 Å². The van der Waals surface area contributed by atoms with E-state index in [-0.39, 0.29) is 17.4 Å². The van der Waals surface area contributed by atoms with E-state index in [0.717, 1.165) is 54.0 Å². The van der Waals surface area contributed by atoms with Crippen LogP contribution in [0.1, 0.15) is 48.1 Å². The average Bonchev–Trinajstić information content (AvgIpc) is 3.20. The van der Waals surface area contributed by atoms with Crippen LogP contribution in [-0.2, 0) is 11.2 Å². The zero-order chi connectivity index (χ0) is 22.9. The van der Waals surface area contributed by atoms with Crippen molar-refractivity contribution in [1.29, 1.82) is 0 Å². The van der Waals surface area contributed by atoms with Crippen molar-refractivity contribution >= 4 is 17.6 Å². The molecule has 2 aliphatic heterocycles. The van der Waals surface area contributed by atoms with Crippen LogP contribution in [0.25, 0.3) is 0 Å². The number of ether oxygens (including phenoxy) is 1. The molecule has 9 heteroatoms. The van der Waals surface area contributed by atoms with Gasteiger partial charge in [0.25, 0.3) is 0 Å². The molecule has 170 valence electrons. The molecular weight excluding hydrogens is 406 g/mol. The van der Waals surface area contributed by atoms with Gasteiger partial charge in [0.2, 0.25) is 11.8 Å². The number of carbonyl (C=O) groups is 1. The van der Waals surface area contributed by atoms with Crippen LogP contribution >= 0.6 is 0 Å². The maximum atomic E-state index is 13.2. The summed E-state index contributed by atoms with van der Waals surface area (Å²) in [5, 5.41) is 7.75. The number of aryl methyl sites for hydroxylation is 2. The molecule has 1 amide bonds. The summed E-state index contributed by atoms with van der Waals surface area (Å²) in [6, 6.07) is 5.78. The lowest BCUT2D eigenvalue weighted by atomic mass is 9.86. The number of rotatable bonds is 5. The summed E-state index contributed by atoms with van der Waals surface area (Å²) >= 11 is 0. The highest BCUT2D eigenvalue weighted by atomic mass is 16.5. The van der Waals surface area contributed by atoms with E-state index in [9.17, 15) is 4.79 Å². The van der Waals surface area contributed by atoms with Gasteiger partial charge in [-0.05, 0) is 56.4 Å². The van der Waals surface area contributed by atoms with Crippen LogP contribution in [-0.4, -0.2) is 59.4 Å². The topological polar surface area (TPSA) is 118 Å². The number of nitrogens with one attached hydrogen (secondary N) is 2. The molecule has 2 atom stereocenters. The minimum atomic E-state index is -0.254. The number of hydrogen-bond donors (Lipinski definition) is 3. The standard InChI is InChI=1S/C23H31N7O2/c1-14(16-6-9-26-19(12-16)32-4)22(31)30-10-8-23(13-30)7-5-17-11-18(20(24)29-25-3)15(2)27-21(17)28-23/h6,9,11-12,14,25H,5,7-8,10,13H2,1-4H3,(H2,24,29)(H,27,28)/t14-,23-/m0/s1. The number of pyridine rings is 2. The molecule has 2 aromatic heterocycles. The average molecular weight is 438 g/mol. The lowest BCUT2D eigenvalue weighted by molar-refractivity contribution is -0.131. The zero-order valence-corrected chi connectivity index (χ0v) is 19.1. The van der Waals surface area contributed by atoms with Crippen molar-refractivity contribution in [3.8, 4) is 5.88 Å². The molecule has 2 aliphatic rings. The first-order chi connectivity index (χ1) is 15.4. The molecule has 1 fully saturated rings. The fraction of sp³-hybridized carbons (Fsp3) is 0.478. The second kappa shape index (κ2) is 8.64. The fourth-order valence-electron chi connectivity index (χ4n) is 4.66. The predicted molar refractivity (Wildman–Crippen MR) is 124 cm³/mol. The van der Waals surface area contributed by atoms with Crippen LogP contribution in [0.5, 0.6) is 5.88 Å². The molecule has 2 aromatic rings. The molecule has 0 aliphatic carbocycles. The van der Waals surface area contributed by atoms with E-state index in [1.807, 2.05) is 30.9 Å². The minimum Gasteiger partial charge on any atom is -0.481 e. The van der Waals surface area contributed by atoms with E-state index in [0.29, 0.717) is 18.3 Å². The van der Waals surface area contributed by atoms with Gasteiger partial charge in [-0.2, -0.15) is 5.10 Å². The van der Waals surface area contributed by atoms with E-state index < -0.39 is 0 Å². The van der Waals surface area contributed by atoms with Crippen LogP contribution in [0.3, 0.4) is 0 Å². The van der Waals surface area contributed by atoms with Crippen LogP contribution < -0.4 is 21.2 Å². The van der Waals surface area contributed by atoms with Crippen LogP contribution in [0.4, 0.5) is 5.82 Å². The third-order valence-electron chi connectivity index (χ3n) is 6.56. The smallest absolute Gasteiger partial charge is 0.229 e. The quantitative estimate of drug-likeness (QED) is 0.371. The third kappa shape index (κ3) is 4.06. The summed E-state index contributed by atoms with van der Waals surface area (Å²) in [5.41, 5.74) is 12.4. The second-order valence-corrected chi connectivity index (χ2v) is 8.62. The number of fused-ring (bicyclic) bond motifs is 1. The van der Waals surface area contributed by atoms with Gasteiger partial charge in [-0.25, -0.2) is 9.97 Å². The number of anilines is 1. The zero-order valence-electron chi connectivity index (χ0n) is 19.1. The van der Waals surface area contributed by atoms with Crippen molar-refractivity contribution in [2.24, 2.45) is 10.8 Å². The van der Waals surface area contributed by atoms with E-state index in [1.165, 1.54) is 0 Å². The van der Waals surface area contributed by atoms with Crippen molar-refractivity contribution in [1.82, 2.24) is 20.3 Å². The molecule has 9 nitrogen and oxygen atoms in total. The molecule has 0 unspecified atom stereocenters. The number of hydrogen-bond acceptors (Lipinski definition) is 7. The molecule has 32 heavy (non-hydrogen) atoms. The van der Waals surface area contributed by atoms with Gasteiger partial charge in [-0.1, -0.05) is 0 Å². The summed E-state index contributed by atoms with van der Waals surface area (Å²) in [5.74, 6) is 1.70. The van der Waals surface area contributed by atoms with Crippen LogP contribution in [0, 0.1) is 6.92 Å². The molecule has 4 N–H and O–H groups in total. The van der Waals surface area contributed by atoms with Crippen molar-refractivity contribution in [2.45, 2.75) is 44.6 Å². The number of methoxy groups -OCH3 is 1. The Morgan fingerprint density at radius 1 is 1.41 bits per heavy atom. The molecule has 4 heterocycles. The fourth-order valence-corrected chi connectivity index (χ4v) is 4.66. The molecular formula is C23H31N7O2. The molecule has 4 rings (SSSR count). The molecule has 0 radical (unpaired) electrons. The number of hydrazone groups is 1. The summed E-state index contributed by atoms with van der Waals surface area (Å²) in [6.45, 7) is 5.28. The Balaban J connectivity index is 1.49. The maximum Gasteiger partial charge on any atom is 0.229 e. The highest BCUT2D eigenvalue weighted by Gasteiger charge is 2.43. The number of nitrogens with zero attached hydrogens (tertiary/aromatic N) is 4. The van der Waals surface area contributed by atoms with Gasteiger partial charge in [0.05, 0.1) is 24.3 Å². The van der Waals surface area contributed by atoms with Gasteiger partial charge in [0.15, 0.2) is 5.84 Å². The first kappa shape index (κ1) is 21.9. The van der Waals surface area contributed by atoms with Crippen LogP contribution in [0.2, 0.25) is 0 Å². The van der Waals surface area contributed by atoms with E-state index in [1.54, 1.807) is 20.4 Å². The Kier molecular flexibility index (Phi) is 5.90. The normalized spacial score (nSPS) is 21.1. The summed E-state index contributed by atoms with van der Waals surface area (Å²) < 4.78 is 5.21. The van der Waals surface area contributed by atoms with Gasteiger partial charge in [-0.15, -0.1) is 0 Å². The second-order valence-electron chi connectivity index (χ2n) is 8.62. The highest BCUT2D eigenvalue weighted by Crippen LogP contribution is 2.37. The van der Waals surface area contributed by atoms with Gasteiger partial charge >= 0.3 is 0 Å². The largest absolute Gasteiger partial charge is 0.481 e. The molecule has 0 aromatic carbocycles. The van der Waals surface area contributed by atoms with Gasteiger partial charge in [0.1, 0.15) is 5.82 Å². The molecule has 0 bridgehead atoms. The Morgan fingerprint density at radius 2 is 2.22 bits per heavy atom. The van der Waals surface area contributed by atoms with Crippen molar-refractivity contribution in [2.75, 3.05) is 32.6 Å². The van der Waals surface area contributed by atoms with Crippen molar-refractivity contribution in [3.63, 3.8) is 0 Å². The summed E-state index contributed by atoms with van der Waals surface area (Å²) in [4.78, 5) is 24.1. The van der Waals surface area contributed by atoms with Gasteiger partial charge in [0, 0.05) is 38.0 Å². The van der Waals surface area contributed by atoms with Crippen molar-refractivity contribution < 1.29 is 9.53 Å². The van der Waals surface area contributed by atoms with Crippen LogP contribution in [0.15, 0.2) is 29.5 Å². The maximum absolute atomic E-state index is 13.2. The molecule has 1 saturated heterocycles. The number of amides is 1. The number of nitrogens with two attached hydrogens (primary N) is 1. The predicted octanol–water partition coefficient (Wildman–Crippen LogP) is 1.77. The van der Waals surface area contributed by atoms with E-state index >= 15 is 0 Å². The first-order valence-corrected chi connectivity index (χ1v) is 10.9. The Morgan fingerprint density at radius 3 is 2.97 bits per heavy atom. The monoisotopic (exact) mass is 437 g/mol. The summed E-state index contributed by atoms with van der Waals surface area (Å²) in [7, 11) is 3.30. The highest BCUT2D eigenvalue weighted by molar-refractivity contribution is 5.98. The van der Waals surface area contributed by atoms with Crippen molar-refractivity contribution in [3.05, 3.63) is 46.8 Å². The Labute approximate surface area is 188 Å². The number of likely N-dealkylation sites (tertiary alicyclic amines) is 1. The Bertz CT molecular complexity index is 1050. The minimum absolute atomic E-state index is 0.123. The lowest BCUT2D eigenvalue weighted by Gasteiger charge is -2.36. The lowest BCUT2D eigenvalue weighted by Crippen LogP contribution is -2.46. The number of aromatic nitrogens is 2. The molecule has 1 spiro atoms. The SMILES string of the molecule is CN/N=C(\N)c1cc2c(nc1C)N[C@@]1(CC2)CCN(C(=O)[C@@H](C)c2ccnc(OC)c2)C1. The third-order valence-corrected chi connectivity index (χ3v) is 6.56. The summed E-state index contributed by atoms with van der Waals surface area (Å²) in [6.07, 6.45) is 4.40. The van der Waals surface area contributed by atoms with E-state index in [2.05, 4.69) is 26.9 Å².